The first kappa shape index (κ1) is 55.8. The van der Waals surface area contributed by atoms with E-state index in [2.05, 4.69) is 36.2 Å². The highest BCUT2D eigenvalue weighted by molar-refractivity contribution is 6.09. The number of carbonyl (C=O) groups is 1. The molecule has 8 aromatic heterocycles. The van der Waals surface area contributed by atoms with Crippen molar-refractivity contribution >= 4 is 50.2 Å². The molecule has 1 amide bonds. The van der Waals surface area contributed by atoms with Crippen LogP contribution in [0.4, 0.5) is 26.3 Å². The molecular weight excluding hydrogens is 1080 g/mol. The largest absolute Gasteiger partial charge is 0.420 e. The van der Waals surface area contributed by atoms with Crippen molar-refractivity contribution < 1.29 is 45.1 Å². The Bertz CT molecular complexity index is 4380. The maximum absolute atomic E-state index is 14.4. The number of halogens is 6. The van der Waals surface area contributed by atoms with Gasteiger partial charge in [0, 0.05) is 39.9 Å². The van der Waals surface area contributed by atoms with Gasteiger partial charge in [0.2, 0.25) is 0 Å². The SMILES string of the molecule is CC(C)Cc1nc2c(cnn2[C@H](C)C(F)(F)F)c(-c2ccc3c(c2)oc(=O)n3Cc2ncc(C#N)cc2CC(C)Cc2nc3c(cnn3[C@@H](C)C(F)(F)F)c(-c3ccc4c(c3)oc(=O)n4Cc3ccc(C#N)cn3)c2C(N)=O)c1C(N)O. The number of pyridine rings is 4. The Morgan fingerprint density at radius 3 is 1.72 bits per heavy atom. The van der Waals surface area contributed by atoms with Gasteiger partial charge in [-0.2, -0.15) is 47.1 Å². The number of aliphatic hydroxyl groups is 1. The molecule has 8 heterocycles. The number of hydrogen-bond acceptors (Lipinski definition) is 15. The minimum Gasteiger partial charge on any atom is -0.408 e. The lowest BCUT2D eigenvalue weighted by atomic mass is 9.89. The van der Waals surface area contributed by atoms with Gasteiger partial charge < -0.3 is 25.4 Å². The van der Waals surface area contributed by atoms with Crippen LogP contribution in [0.25, 0.3) is 66.5 Å². The summed E-state index contributed by atoms with van der Waals surface area (Å²) in [5.74, 6) is -3.18. The van der Waals surface area contributed by atoms with Crippen molar-refractivity contribution in [1.29, 1.82) is 10.5 Å². The molecule has 0 aliphatic heterocycles. The number of carbonyl (C=O) groups excluding carboxylic acids is 1. The van der Waals surface area contributed by atoms with E-state index in [0.717, 1.165) is 24.7 Å². The molecule has 0 spiro atoms. The van der Waals surface area contributed by atoms with Crippen molar-refractivity contribution in [2.75, 3.05) is 0 Å². The fourth-order valence-electron chi connectivity index (χ4n) is 10.3. The predicted molar refractivity (Wildman–Crippen MR) is 284 cm³/mol. The molecule has 20 nitrogen and oxygen atoms in total. The molecule has 0 bridgehead atoms. The molecule has 2 unspecified atom stereocenters. The second-order valence-electron chi connectivity index (χ2n) is 20.5. The van der Waals surface area contributed by atoms with E-state index in [-0.39, 0.29) is 122 Å². The smallest absolute Gasteiger partial charge is 0.408 e. The number of primary amides is 1. The fraction of sp³-hybridized carbons (Fsp3) is 0.304. The highest BCUT2D eigenvalue weighted by Crippen LogP contribution is 2.42. The second kappa shape index (κ2) is 21.2. The quantitative estimate of drug-likeness (QED) is 0.0601. The highest BCUT2D eigenvalue weighted by Gasteiger charge is 2.41. The number of alkyl halides is 6. The minimum absolute atomic E-state index is 0.00115. The lowest BCUT2D eigenvalue weighted by Crippen LogP contribution is -2.25. The number of aliphatic hydroxyl groups excluding tert-OH is 1. The van der Waals surface area contributed by atoms with Gasteiger partial charge in [-0.3, -0.25) is 23.9 Å². The van der Waals surface area contributed by atoms with E-state index in [4.69, 9.17) is 20.3 Å². The van der Waals surface area contributed by atoms with Crippen LogP contribution in [0.1, 0.15) is 108 Å². The van der Waals surface area contributed by atoms with Gasteiger partial charge in [-0.1, -0.05) is 32.9 Å². The van der Waals surface area contributed by atoms with Gasteiger partial charge in [0.25, 0.3) is 5.91 Å². The van der Waals surface area contributed by atoms with Gasteiger partial charge in [0.05, 0.1) is 76.0 Å². The molecule has 0 saturated heterocycles. The molecule has 0 radical (unpaired) electrons. The summed E-state index contributed by atoms with van der Waals surface area (Å²) in [5.41, 5.74) is 15.4. The standard InChI is InChI=1S/C56H48F6N14O6/c1-26(2)12-38-47(49(65)77)45(36-22-69-75(51(36)71-38)28(4)55(57,58)59)32-8-11-42-44(17-32)82-54(80)74(42)25-40-34(15-31(19-64)21-68-40)13-27(3)14-39-48(50(66)78)46(37-23-70-76(52(37)72-39)29(5)56(60,61)62)33-7-10-41-43(16-33)81-53(79)73(41)24-35-9-6-30(18-63)20-67-35/h6-11,15-17,20-23,26-29,49,77H,12-14,24-25,65H2,1-5H3,(H2,66,78)/t27?,28-,29+,49?/m1/s1. The van der Waals surface area contributed by atoms with Crippen molar-refractivity contribution in [1.82, 2.24) is 48.6 Å². The first-order valence-corrected chi connectivity index (χ1v) is 25.5. The molecule has 420 valence electrons. The zero-order chi connectivity index (χ0) is 58.9. The number of hydrogen-bond donors (Lipinski definition) is 3. The summed E-state index contributed by atoms with van der Waals surface area (Å²) in [4.78, 5) is 58.9. The summed E-state index contributed by atoms with van der Waals surface area (Å²) < 4.78 is 101. The van der Waals surface area contributed by atoms with Crippen LogP contribution in [-0.4, -0.2) is 72.0 Å². The Balaban J connectivity index is 1.02. The third-order valence-electron chi connectivity index (χ3n) is 14.3. The average Bonchev–Trinajstić information content (AvgIpc) is 4.12. The lowest BCUT2D eigenvalue weighted by molar-refractivity contribution is -0.165. The van der Waals surface area contributed by atoms with E-state index in [1.165, 1.54) is 45.9 Å². The van der Waals surface area contributed by atoms with Crippen LogP contribution < -0.4 is 23.0 Å². The van der Waals surface area contributed by atoms with Gasteiger partial charge in [0.1, 0.15) is 30.5 Å². The maximum Gasteiger partial charge on any atom is 0.420 e. The summed E-state index contributed by atoms with van der Waals surface area (Å²) in [6, 6.07) is 13.7. The first-order valence-electron chi connectivity index (χ1n) is 25.5. The maximum atomic E-state index is 14.4. The predicted octanol–water partition coefficient (Wildman–Crippen LogP) is 8.87. The number of nitrogens with two attached hydrogens (primary N) is 2. The number of fused-ring (bicyclic) bond motifs is 4. The van der Waals surface area contributed by atoms with Gasteiger partial charge >= 0.3 is 23.9 Å². The van der Waals surface area contributed by atoms with Crippen LogP contribution >= 0.6 is 0 Å². The number of oxazole rings is 2. The monoisotopic (exact) mass is 1130 g/mol. The Hall–Kier alpha value is -9.53. The minimum atomic E-state index is -4.78. The van der Waals surface area contributed by atoms with Crippen molar-refractivity contribution in [3.05, 3.63) is 151 Å². The summed E-state index contributed by atoms with van der Waals surface area (Å²) in [5, 5.41) is 38.6. The molecule has 82 heavy (non-hydrogen) atoms. The van der Waals surface area contributed by atoms with E-state index < -0.39 is 54.0 Å². The summed E-state index contributed by atoms with van der Waals surface area (Å²) in [6.45, 7) is 7.10. The zero-order valence-electron chi connectivity index (χ0n) is 44.2. The third-order valence-corrected chi connectivity index (χ3v) is 14.3. The molecule has 0 aliphatic carbocycles. The molecule has 5 N–H and O–H groups in total. The molecule has 26 heteroatoms. The van der Waals surface area contributed by atoms with E-state index in [9.17, 15) is 56.4 Å². The number of benzene rings is 2. The Kier molecular flexibility index (Phi) is 14.4. The summed E-state index contributed by atoms with van der Waals surface area (Å²) >= 11 is 0. The van der Waals surface area contributed by atoms with Crippen LogP contribution in [0.3, 0.4) is 0 Å². The Labute approximate surface area is 459 Å². The van der Waals surface area contributed by atoms with Crippen molar-refractivity contribution in [2.45, 2.75) is 97.6 Å². The molecule has 4 atom stereocenters. The molecule has 10 rings (SSSR count). The Morgan fingerprint density at radius 1 is 0.671 bits per heavy atom. The van der Waals surface area contributed by atoms with Gasteiger partial charge in [-0.05, 0) is 104 Å². The van der Waals surface area contributed by atoms with Gasteiger partial charge in [0.15, 0.2) is 22.5 Å². The molecule has 2 aromatic carbocycles. The van der Waals surface area contributed by atoms with Crippen molar-refractivity contribution in [3.63, 3.8) is 0 Å². The molecule has 0 saturated carbocycles. The molecule has 0 aliphatic rings. The molecule has 10 aromatic rings. The van der Waals surface area contributed by atoms with Crippen LogP contribution in [-0.2, 0) is 32.4 Å². The number of rotatable bonds is 16. The number of aromatic nitrogens is 10. The van der Waals surface area contributed by atoms with E-state index in [0.29, 0.717) is 38.3 Å². The summed E-state index contributed by atoms with van der Waals surface area (Å²) in [6.07, 6.45) is -5.83. The van der Waals surface area contributed by atoms with E-state index in [1.54, 1.807) is 43.3 Å². The number of amides is 1. The normalized spacial score (nSPS) is 13.8. The van der Waals surface area contributed by atoms with Crippen molar-refractivity contribution in [2.24, 2.45) is 23.3 Å². The molecular formula is C56H48F6N14O6. The number of nitrogens with zero attached hydrogens (tertiary/aromatic N) is 12. The number of nitriles is 2. The summed E-state index contributed by atoms with van der Waals surface area (Å²) in [7, 11) is 0. The first-order chi connectivity index (χ1) is 38.8. The van der Waals surface area contributed by atoms with Crippen LogP contribution in [0.5, 0.6) is 0 Å². The zero-order valence-corrected chi connectivity index (χ0v) is 44.2. The van der Waals surface area contributed by atoms with Crippen LogP contribution in [0.2, 0.25) is 0 Å². The average molecular weight is 1130 g/mol. The fourth-order valence-corrected chi connectivity index (χ4v) is 10.3. The topological polar surface area (TPSA) is 294 Å². The van der Waals surface area contributed by atoms with E-state index >= 15 is 0 Å². The van der Waals surface area contributed by atoms with Crippen LogP contribution in [0.15, 0.2) is 97.8 Å². The van der Waals surface area contributed by atoms with E-state index in [1.807, 2.05) is 19.9 Å². The van der Waals surface area contributed by atoms with Crippen LogP contribution in [0, 0.1) is 34.5 Å². The third kappa shape index (κ3) is 10.3. The second-order valence-corrected chi connectivity index (χ2v) is 20.5. The van der Waals surface area contributed by atoms with Gasteiger partial charge in [-0.15, -0.1) is 0 Å². The highest BCUT2D eigenvalue weighted by atomic mass is 19.4. The lowest BCUT2D eigenvalue weighted by Gasteiger charge is -2.21. The Morgan fingerprint density at radius 2 is 1.21 bits per heavy atom. The van der Waals surface area contributed by atoms with Gasteiger partial charge in [-0.25, -0.2) is 28.9 Å². The van der Waals surface area contributed by atoms with Crippen molar-refractivity contribution in [3.8, 4) is 34.4 Å². The molecule has 0 fully saturated rings.